The lowest BCUT2D eigenvalue weighted by Crippen LogP contribution is -2.54. The zero-order valence-corrected chi connectivity index (χ0v) is 18.4. The van der Waals surface area contributed by atoms with Crippen LogP contribution in [-0.4, -0.2) is 31.7 Å². The van der Waals surface area contributed by atoms with Crippen LogP contribution < -0.4 is 0 Å². The Morgan fingerprint density at radius 3 is 1.96 bits per heavy atom. The highest BCUT2D eigenvalue weighted by atomic mass is 16.7. The molecule has 1 saturated carbocycles. The van der Waals surface area contributed by atoms with E-state index < -0.39 is 0 Å². The summed E-state index contributed by atoms with van der Waals surface area (Å²) in [5, 5.41) is 0. The van der Waals surface area contributed by atoms with Crippen molar-refractivity contribution in [3.8, 4) is 0 Å². The Labute approximate surface area is 152 Å². The van der Waals surface area contributed by atoms with Gasteiger partial charge in [0.25, 0.3) is 0 Å². The molecule has 148 valence electrons. The van der Waals surface area contributed by atoms with E-state index in [-0.39, 0.29) is 17.6 Å². The molecule has 0 bridgehead atoms. The maximum Gasteiger partial charge on any atom is 0.147 e. The van der Waals surface area contributed by atoms with E-state index in [0.717, 1.165) is 19.4 Å². The van der Waals surface area contributed by atoms with E-state index in [2.05, 4.69) is 34.6 Å². The zero-order valence-electron chi connectivity index (χ0n) is 18.4. The highest BCUT2D eigenvalue weighted by Crippen LogP contribution is 2.47. The smallest absolute Gasteiger partial charge is 0.147 e. The summed E-state index contributed by atoms with van der Waals surface area (Å²) in [6.45, 7) is 24.5. The monoisotopic (exact) mass is 346 g/mol. The molecule has 2 aliphatic rings. The van der Waals surface area contributed by atoms with Gasteiger partial charge in [-0.1, -0.05) is 75.7 Å². The second-order valence-corrected chi connectivity index (χ2v) is 6.46. The van der Waals surface area contributed by atoms with E-state index in [9.17, 15) is 0 Å². The Morgan fingerprint density at radius 2 is 1.50 bits per heavy atom. The van der Waals surface area contributed by atoms with Crippen LogP contribution in [0.15, 0.2) is 0 Å². The lowest BCUT2D eigenvalue weighted by molar-refractivity contribution is -0.137. The van der Waals surface area contributed by atoms with Gasteiger partial charge in [0.1, 0.15) is 6.79 Å². The maximum absolute atomic E-state index is 6.07. The molecule has 3 nitrogen and oxygen atoms in total. The van der Waals surface area contributed by atoms with E-state index in [4.69, 9.17) is 14.2 Å². The van der Waals surface area contributed by atoms with Gasteiger partial charge in [-0.3, -0.25) is 0 Å². The molecular weight excluding hydrogens is 300 g/mol. The third kappa shape index (κ3) is 6.65. The van der Waals surface area contributed by atoms with Gasteiger partial charge in [0.2, 0.25) is 0 Å². The first-order chi connectivity index (χ1) is 11.5. The number of rotatable bonds is 4. The predicted octanol–water partition coefficient (Wildman–Crippen LogP) is 6.30. The topological polar surface area (TPSA) is 27.7 Å². The fourth-order valence-electron chi connectivity index (χ4n) is 3.57. The van der Waals surface area contributed by atoms with Gasteiger partial charge in [-0.2, -0.15) is 0 Å². The summed E-state index contributed by atoms with van der Waals surface area (Å²) in [7, 11) is 0. The first kappa shape index (κ1) is 26.1. The summed E-state index contributed by atoms with van der Waals surface area (Å²) in [5.74, 6) is 0.974. The van der Waals surface area contributed by atoms with Crippen molar-refractivity contribution in [2.24, 2.45) is 17.3 Å². The Bertz CT molecular complexity index is 278. The molecule has 0 aromatic rings. The highest BCUT2D eigenvalue weighted by Gasteiger charge is 2.52. The Morgan fingerprint density at radius 1 is 0.958 bits per heavy atom. The van der Waals surface area contributed by atoms with E-state index in [1.54, 1.807) is 0 Å². The van der Waals surface area contributed by atoms with Crippen LogP contribution in [0.3, 0.4) is 0 Å². The van der Waals surface area contributed by atoms with Gasteiger partial charge < -0.3 is 14.2 Å². The molecule has 0 amide bonds. The van der Waals surface area contributed by atoms with Gasteiger partial charge in [0.15, 0.2) is 0 Å². The van der Waals surface area contributed by atoms with Gasteiger partial charge in [0.05, 0.1) is 18.3 Å². The molecule has 5 atom stereocenters. The molecule has 5 unspecified atom stereocenters. The van der Waals surface area contributed by atoms with Gasteiger partial charge in [-0.05, 0) is 24.7 Å². The number of hydrogen-bond donors (Lipinski definition) is 0. The molecule has 3 heteroatoms. The average molecular weight is 347 g/mol. The fourth-order valence-corrected chi connectivity index (χ4v) is 3.57. The Kier molecular flexibility index (Phi) is 15.3. The quantitative estimate of drug-likeness (QED) is 0.597. The maximum atomic E-state index is 6.07. The summed E-state index contributed by atoms with van der Waals surface area (Å²) >= 11 is 0. The summed E-state index contributed by atoms with van der Waals surface area (Å²) in [4.78, 5) is 0. The molecule has 0 radical (unpaired) electrons. The van der Waals surface area contributed by atoms with E-state index >= 15 is 0 Å². The lowest BCUT2D eigenvalue weighted by atomic mass is 9.63. The van der Waals surface area contributed by atoms with Crippen molar-refractivity contribution in [2.45, 2.75) is 107 Å². The molecular formula is C21H46O3. The molecule has 1 aliphatic carbocycles. The van der Waals surface area contributed by atoms with Gasteiger partial charge in [-0.15, -0.1) is 0 Å². The molecule has 1 heterocycles. The SMILES string of the molecule is CC.CC.CC.CCOC1C(C)CC2OCOC2C1C(C)(C)CC. The van der Waals surface area contributed by atoms with E-state index in [0.29, 0.717) is 24.7 Å². The molecule has 0 aromatic heterocycles. The standard InChI is InChI=1S/C15H28O3.3C2H6/c1-6-15(4,5)12-13(16-7-2)10(3)8-11-14(12)18-9-17-11;3*1-2/h10-14H,6-9H2,1-5H3;3*1-2H3. The van der Waals surface area contributed by atoms with Crippen LogP contribution in [0.2, 0.25) is 0 Å². The number of ether oxygens (including phenoxy) is 3. The van der Waals surface area contributed by atoms with Crippen LogP contribution in [0.5, 0.6) is 0 Å². The predicted molar refractivity (Wildman–Crippen MR) is 105 cm³/mol. The minimum atomic E-state index is 0.215. The molecule has 1 aliphatic heterocycles. The normalized spacial score (nSPS) is 31.4. The second kappa shape index (κ2) is 14.1. The van der Waals surface area contributed by atoms with Crippen molar-refractivity contribution in [1.82, 2.24) is 0 Å². The highest BCUT2D eigenvalue weighted by molar-refractivity contribution is 5.00. The third-order valence-electron chi connectivity index (χ3n) is 4.95. The van der Waals surface area contributed by atoms with Crippen LogP contribution in [0.25, 0.3) is 0 Å². The van der Waals surface area contributed by atoms with Crippen LogP contribution in [0.1, 0.15) is 89.0 Å². The van der Waals surface area contributed by atoms with Crippen LogP contribution >= 0.6 is 0 Å². The molecule has 0 spiro atoms. The summed E-state index contributed by atoms with van der Waals surface area (Å²) in [5.41, 5.74) is 0.227. The second-order valence-electron chi connectivity index (χ2n) is 6.46. The Hall–Kier alpha value is -0.120. The van der Waals surface area contributed by atoms with Crippen molar-refractivity contribution < 1.29 is 14.2 Å². The number of hydrogen-bond acceptors (Lipinski definition) is 3. The fraction of sp³-hybridized carbons (Fsp3) is 1.00. The Balaban J connectivity index is 0. The third-order valence-corrected chi connectivity index (χ3v) is 4.95. The summed E-state index contributed by atoms with van der Waals surface area (Å²) < 4.78 is 17.7. The summed E-state index contributed by atoms with van der Waals surface area (Å²) in [6, 6.07) is 0. The van der Waals surface area contributed by atoms with Crippen molar-refractivity contribution in [1.29, 1.82) is 0 Å². The van der Waals surface area contributed by atoms with E-state index in [1.807, 2.05) is 41.5 Å². The lowest BCUT2D eigenvalue weighted by Gasteiger charge is -2.48. The molecule has 1 saturated heterocycles. The molecule has 2 fully saturated rings. The van der Waals surface area contributed by atoms with Gasteiger partial charge in [0, 0.05) is 12.5 Å². The molecule has 0 N–H and O–H groups in total. The van der Waals surface area contributed by atoms with Crippen molar-refractivity contribution in [3.05, 3.63) is 0 Å². The number of fused-ring (bicyclic) bond motifs is 1. The molecule has 2 rings (SSSR count). The molecule has 0 aromatic carbocycles. The zero-order chi connectivity index (χ0) is 19.3. The van der Waals surface area contributed by atoms with Crippen LogP contribution in [0.4, 0.5) is 0 Å². The van der Waals surface area contributed by atoms with Crippen molar-refractivity contribution in [3.63, 3.8) is 0 Å². The first-order valence-corrected chi connectivity index (χ1v) is 10.4. The average Bonchev–Trinajstić information content (AvgIpc) is 3.08. The minimum Gasteiger partial charge on any atom is -0.378 e. The van der Waals surface area contributed by atoms with Crippen LogP contribution in [0, 0.1) is 17.3 Å². The largest absolute Gasteiger partial charge is 0.378 e. The van der Waals surface area contributed by atoms with Crippen LogP contribution in [-0.2, 0) is 14.2 Å². The molecule has 24 heavy (non-hydrogen) atoms. The van der Waals surface area contributed by atoms with Gasteiger partial charge in [-0.25, -0.2) is 0 Å². The summed E-state index contributed by atoms with van der Waals surface area (Å²) in [6.07, 6.45) is 2.99. The van der Waals surface area contributed by atoms with E-state index in [1.165, 1.54) is 0 Å². The first-order valence-electron chi connectivity index (χ1n) is 10.4. The van der Waals surface area contributed by atoms with Gasteiger partial charge >= 0.3 is 0 Å². The van der Waals surface area contributed by atoms with Crippen molar-refractivity contribution >= 4 is 0 Å². The van der Waals surface area contributed by atoms with Crippen molar-refractivity contribution in [2.75, 3.05) is 13.4 Å². The minimum absolute atomic E-state index is 0.215.